The van der Waals surface area contributed by atoms with E-state index in [1.54, 1.807) is 7.11 Å². The number of benzene rings is 1. The zero-order valence-corrected chi connectivity index (χ0v) is 14.6. The van der Waals surface area contributed by atoms with Gasteiger partial charge in [-0.2, -0.15) is 0 Å². The molecule has 2 bridgehead atoms. The average molecular weight is 313 g/mol. The molecule has 3 nitrogen and oxygen atoms in total. The van der Waals surface area contributed by atoms with Crippen LogP contribution in [0, 0.1) is 6.92 Å². The van der Waals surface area contributed by atoms with E-state index in [1.165, 1.54) is 18.4 Å². The number of ether oxygens (including phenoxy) is 2. The lowest BCUT2D eigenvalue weighted by Gasteiger charge is -2.28. The Morgan fingerprint density at radius 1 is 1.09 bits per heavy atom. The first-order chi connectivity index (χ1) is 11.2. The van der Waals surface area contributed by atoms with Crippen molar-refractivity contribution in [1.82, 2.24) is 4.98 Å². The lowest BCUT2D eigenvalue weighted by atomic mass is 9.88. The molecule has 2 fully saturated rings. The van der Waals surface area contributed by atoms with Gasteiger partial charge in [-0.05, 0) is 56.2 Å². The lowest BCUT2D eigenvalue weighted by molar-refractivity contribution is -0.00378. The third-order valence-corrected chi connectivity index (χ3v) is 4.90. The molecular weight excluding hydrogens is 286 g/mol. The summed E-state index contributed by atoms with van der Waals surface area (Å²) in [6, 6.07) is 8.66. The second kappa shape index (κ2) is 6.88. The fourth-order valence-corrected chi connectivity index (χ4v) is 3.89. The van der Waals surface area contributed by atoms with E-state index in [1.807, 2.05) is 26.8 Å². The van der Waals surface area contributed by atoms with Gasteiger partial charge in [-0.25, -0.2) is 0 Å². The van der Waals surface area contributed by atoms with Crippen LogP contribution in [-0.2, 0) is 4.74 Å². The van der Waals surface area contributed by atoms with Crippen molar-refractivity contribution in [2.75, 3.05) is 7.11 Å². The summed E-state index contributed by atoms with van der Waals surface area (Å²) in [4.78, 5) is 4.61. The molecule has 23 heavy (non-hydrogen) atoms. The first-order valence-electron chi connectivity index (χ1n) is 8.83. The van der Waals surface area contributed by atoms with Gasteiger partial charge < -0.3 is 9.47 Å². The fraction of sp³-hybridized carbons (Fsp3) is 0.550. The van der Waals surface area contributed by atoms with Gasteiger partial charge in [0.15, 0.2) is 0 Å². The maximum Gasteiger partial charge on any atom is 0.130 e. The summed E-state index contributed by atoms with van der Waals surface area (Å²) >= 11 is 0. The smallest absolute Gasteiger partial charge is 0.130 e. The molecule has 0 saturated carbocycles. The van der Waals surface area contributed by atoms with Gasteiger partial charge in [-0.1, -0.05) is 19.9 Å². The summed E-state index contributed by atoms with van der Waals surface area (Å²) in [5.41, 5.74) is 3.42. The molecule has 124 valence electrons. The van der Waals surface area contributed by atoms with E-state index in [4.69, 9.17) is 9.47 Å². The molecule has 1 aromatic heterocycles. The van der Waals surface area contributed by atoms with E-state index in [0.29, 0.717) is 18.1 Å². The Hall–Kier alpha value is -1.61. The zero-order valence-electron chi connectivity index (χ0n) is 14.6. The third kappa shape index (κ3) is 3.20. The van der Waals surface area contributed by atoms with E-state index in [-0.39, 0.29) is 0 Å². The molecular formula is C20H27NO2. The Morgan fingerprint density at radius 3 is 2.43 bits per heavy atom. The highest BCUT2D eigenvalue weighted by molar-refractivity contribution is 5.86. The maximum atomic E-state index is 5.96. The summed E-state index contributed by atoms with van der Waals surface area (Å²) < 4.78 is 11.5. The molecule has 0 radical (unpaired) electrons. The van der Waals surface area contributed by atoms with Crippen molar-refractivity contribution in [1.29, 1.82) is 0 Å². The molecule has 2 aliphatic rings. The Balaban J connectivity index is 0.000000753. The van der Waals surface area contributed by atoms with Crippen LogP contribution >= 0.6 is 0 Å². The highest BCUT2D eigenvalue weighted by atomic mass is 16.5. The van der Waals surface area contributed by atoms with Crippen molar-refractivity contribution in [2.45, 2.75) is 64.6 Å². The molecule has 1 aromatic carbocycles. The molecule has 1 unspecified atom stereocenters. The van der Waals surface area contributed by atoms with Crippen molar-refractivity contribution >= 4 is 10.9 Å². The molecule has 0 amide bonds. The Kier molecular flexibility index (Phi) is 4.86. The number of methoxy groups -OCH3 is 1. The Labute approximate surface area is 139 Å². The monoisotopic (exact) mass is 313 g/mol. The minimum absolute atomic E-state index is 0.475. The first kappa shape index (κ1) is 16.3. The number of hydrogen-bond donors (Lipinski definition) is 0. The summed E-state index contributed by atoms with van der Waals surface area (Å²) in [5, 5.41) is 1.12. The van der Waals surface area contributed by atoms with Gasteiger partial charge in [0.25, 0.3) is 0 Å². The van der Waals surface area contributed by atoms with E-state index in [9.17, 15) is 0 Å². The average Bonchev–Trinajstić information content (AvgIpc) is 2.93. The van der Waals surface area contributed by atoms with Crippen molar-refractivity contribution < 1.29 is 9.47 Å². The first-order valence-corrected chi connectivity index (χ1v) is 8.83. The van der Waals surface area contributed by atoms with Crippen LogP contribution in [0.1, 0.15) is 56.7 Å². The number of aromatic nitrogens is 1. The van der Waals surface area contributed by atoms with Crippen molar-refractivity contribution in [2.24, 2.45) is 0 Å². The molecule has 2 saturated heterocycles. The highest BCUT2D eigenvalue weighted by Crippen LogP contribution is 2.42. The molecule has 3 heteroatoms. The second-order valence-electron chi connectivity index (χ2n) is 6.37. The van der Waals surface area contributed by atoms with Gasteiger partial charge in [0.05, 0.1) is 24.8 Å². The van der Waals surface area contributed by atoms with Gasteiger partial charge >= 0.3 is 0 Å². The summed E-state index contributed by atoms with van der Waals surface area (Å²) in [7, 11) is 1.73. The predicted molar refractivity (Wildman–Crippen MR) is 94.3 cm³/mol. The van der Waals surface area contributed by atoms with E-state index in [2.05, 4.69) is 23.2 Å². The van der Waals surface area contributed by atoms with Gasteiger partial charge in [0.2, 0.25) is 0 Å². The number of fused-ring (bicyclic) bond motifs is 3. The standard InChI is InChI=1S/C18H21NO2.C2H6/c1-11-7-18(20-2)16-10-12(3-6-17(16)19-11)13-8-14-4-5-15(9-13)21-14;1-2/h3,6-7,10,13-15H,4-5,8-9H2,1-2H3;1-2H3/t13?,14-,15+;. The Morgan fingerprint density at radius 2 is 1.78 bits per heavy atom. The van der Waals surface area contributed by atoms with Crippen LogP contribution in [0.15, 0.2) is 24.3 Å². The maximum absolute atomic E-state index is 5.96. The van der Waals surface area contributed by atoms with E-state index < -0.39 is 0 Å². The number of hydrogen-bond acceptors (Lipinski definition) is 3. The molecule has 3 heterocycles. The van der Waals surface area contributed by atoms with Gasteiger partial charge in [0.1, 0.15) is 5.75 Å². The number of rotatable bonds is 2. The van der Waals surface area contributed by atoms with Gasteiger partial charge in [0, 0.05) is 17.1 Å². The minimum atomic E-state index is 0.475. The van der Waals surface area contributed by atoms with Crippen LogP contribution in [0.3, 0.4) is 0 Å². The van der Waals surface area contributed by atoms with Crippen LogP contribution < -0.4 is 4.74 Å². The van der Waals surface area contributed by atoms with Crippen molar-refractivity contribution in [3.8, 4) is 5.75 Å². The van der Waals surface area contributed by atoms with Crippen LogP contribution in [0.5, 0.6) is 5.75 Å². The fourth-order valence-electron chi connectivity index (χ4n) is 3.89. The number of nitrogens with zero attached hydrogens (tertiary/aromatic N) is 1. The topological polar surface area (TPSA) is 31.4 Å². The van der Waals surface area contributed by atoms with Gasteiger partial charge in [-0.3, -0.25) is 4.98 Å². The van der Waals surface area contributed by atoms with Crippen molar-refractivity contribution in [3.05, 3.63) is 35.5 Å². The largest absolute Gasteiger partial charge is 0.496 e. The second-order valence-corrected chi connectivity index (χ2v) is 6.37. The summed E-state index contributed by atoms with van der Waals surface area (Å²) in [6.07, 6.45) is 5.73. The number of pyridine rings is 1. The molecule has 2 aromatic rings. The third-order valence-electron chi connectivity index (χ3n) is 4.90. The van der Waals surface area contributed by atoms with Crippen LogP contribution in [-0.4, -0.2) is 24.3 Å². The van der Waals surface area contributed by atoms with Crippen LogP contribution in [0.4, 0.5) is 0 Å². The zero-order chi connectivity index (χ0) is 16.4. The minimum Gasteiger partial charge on any atom is -0.496 e. The summed E-state index contributed by atoms with van der Waals surface area (Å²) in [5.74, 6) is 1.54. The van der Waals surface area contributed by atoms with E-state index >= 15 is 0 Å². The lowest BCUT2D eigenvalue weighted by Crippen LogP contribution is -2.23. The number of aryl methyl sites for hydroxylation is 1. The normalized spacial score (nSPS) is 25.8. The van der Waals surface area contributed by atoms with Crippen LogP contribution in [0.2, 0.25) is 0 Å². The van der Waals surface area contributed by atoms with E-state index in [0.717, 1.165) is 35.2 Å². The predicted octanol–water partition coefficient (Wildman–Crippen LogP) is 5.00. The molecule has 0 aliphatic carbocycles. The van der Waals surface area contributed by atoms with Gasteiger partial charge in [-0.15, -0.1) is 0 Å². The molecule has 3 atom stereocenters. The Bertz CT molecular complexity index is 671. The van der Waals surface area contributed by atoms with Crippen molar-refractivity contribution in [3.63, 3.8) is 0 Å². The molecule has 2 aliphatic heterocycles. The quantitative estimate of drug-likeness (QED) is 0.781. The molecule has 0 spiro atoms. The highest BCUT2D eigenvalue weighted by Gasteiger charge is 2.35. The summed E-state index contributed by atoms with van der Waals surface area (Å²) in [6.45, 7) is 6.01. The SMILES string of the molecule is CC.COc1cc(C)nc2ccc(C3C[C@H]4CC[C@@H](C3)O4)cc12. The van der Waals surface area contributed by atoms with Crippen LogP contribution in [0.25, 0.3) is 10.9 Å². The molecule has 0 N–H and O–H groups in total. The molecule has 4 rings (SSSR count).